The van der Waals surface area contributed by atoms with Gasteiger partial charge in [-0.25, -0.2) is 9.97 Å². The van der Waals surface area contributed by atoms with Gasteiger partial charge in [0, 0.05) is 23.8 Å². The lowest BCUT2D eigenvalue weighted by Crippen LogP contribution is -2.24. The van der Waals surface area contributed by atoms with Crippen molar-refractivity contribution in [3.8, 4) is 0 Å². The molecule has 4 heteroatoms. The lowest BCUT2D eigenvalue weighted by Gasteiger charge is -2.21. The third kappa shape index (κ3) is 2.42. The summed E-state index contributed by atoms with van der Waals surface area (Å²) in [6, 6.07) is 17.0. The maximum atomic E-state index is 4.57. The molecule has 0 amide bonds. The number of rotatable bonds is 2. The van der Waals surface area contributed by atoms with E-state index in [4.69, 9.17) is 0 Å². The van der Waals surface area contributed by atoms with Crippen molar-refractivity contribution in [2.24, 2.45) is 0 Å². The maximum Gasteiger partial charge on any atom is 0.178 e. The van der Waals surface area contributed by atoms with Gasteiger partial charge in [-0.3, -0.25) is 0 Å². The number of anilines is 4. The van der Waals surface area contributed by atoms with Crippen LogP contribution in [0.4, 0.5) is 23.0 Å². The van der Waals surface area contributed by atoms with Crippen LogP contribution in [0.5, 0.6) is 0 Å². The van der Waals surface area contributed by atoms with E-state index < -0.39 is 0 Å². The molecule has 0 saturated carbocycles. The van der Waals surface area contributed by atoms with Crippen molar-refractivity contribution in [2.75, 3.05) is 16.5 Å². The highest BCUT2D eigenvalue weighted by Crippen LogP contribution is 2.41. The van der Waals surface area contributed by atoms with Crippen molar-refractivity contribution in [3.63, 3.8) is 0 Å². The summed E-state index contributed by atoms with van der Waals surface area (Å²) >= 11 is 0. The molecule has 4 rings (SSSR count). The number of aryl methyl sites for hydroxylation is 2. The monoisotopic (exact) mass is 302 g/mol. The first-order valence-electron chi connectivity index (χ1n) is 7.72. The van der Waals surface area contributed by atoms with Gasteiger partial charge in [-0.05, 0) is 49.2 Å². The minimum Gasteiger partial charge on any atom is -0.305 e. The molecule has 0 saturated heterocycles. The van der Waals surface area contributed by atoms with E-state index in [1.54, 1.807) is 12.4 Å². The Bertz CT molecular complexity index is 789. The van der Waals surface area contributed by atoms with Crippen molar-refractivity contribution in [1.29, 1.82) is 0 Å². The van der Waals surface area contributed by atoms with Crippen LogP contribution in [0.3, 0.4) is 0 Å². The van der Waals surface area contributed by atoms with E-state index in [1.807, 2.05) is 0 Å². The highest BCUT2D eigenvalue weighted by atomic mass is 15.4. The largest absolute Gasteiger partial charge is 0.305 e. The topological polar surface area (TPSA) is 32.3 Å². The Morgan fingerprint density at radius 3 is 1.65 bits per heavy atom. The molecule has 0 unspecified atom stereocenters. The molecule has 1 aliphatic rings. The molecule has 23 heavy (non-hydrogen) atoms. The minimum atomic E-state index is 0.715. The van der Waals surface area contributed by atoms with Gasteiger partial charge in [0.25, 0.3) is 0 Å². The van der Waals surface area contributed by atoms with Crippen LogP contribution in [-0.4, -0.2) is 16.6 Å². The van der Waals surface area contributed by atoms with Gasteiger partial charge in [-0.15, -0.1) is 0 Å². The molecule has 114 valence electrons. The quantitative estimate of drug-likeness (QED) is 0.705. The Morgan fingerprint density at radius 2 is 1.22 bits per heavy atom. The molecule has 4 nitrogen and oxygen atoms in total. The number of benzene rings is 2. The smallest absolute Gasteiger partial charge is 0.178 e. The lowest BCUT2D eigenvalue weighted by molar-refractivity contribution is 0.974. The Labute approximate surface area is 136 Å². The molecule has 0 bridgehead atoms. The summed E-state index contributed by atoms with van der Waals surface area (Å²) in [5, 5.41) is 0. The van der Waals surface area contributed by atoms with E-state index in [9.17, 15) is 0 Å². The fourth-order valence-corrected chi connectivity index (χ4v) is 2.98. The Kier molecular flexibility index (Phi) is 3.23. The van der Waals surface area contributed by atoms with Crippen LogP contribution >= 0.6 is 0 Å². The van der Waals surface area contributed by atoms with Crippen molar-refractivity contribution in [1.82, 2.24) is 9.97 Å². The number of aromatic nitrogens is 2. The summed E-state index contributed by atoms with van der Waals surface area (Å²) < 4.78 is 0. The molecular formula is C19H18N4. The van der Waals surface area contributed by atoms with Gasteiger partial charge in [-0.2, -0.15) is 0 Å². The summed E-state index contributed by atoms with van der Waals surface area (Å²) in [7, 11) is 0. The van der Waals surface area contributed by atoms with Gasteiger partial charge >= 0.3 is 0 Å². The average Bonchev–Trinajstić information content (AvgIpc) is 2.95. The van der Waals surface area contributed by atoms with Crippen LogP contribution in [0.1, 0.15) is 11.1 Å². The summed E-state index contributed by atoms with van der Waals surface area (Å²) in [6.45, 7) is 4.93. The van der Waals surface area contributed by atoms with Crippen molar-refractivity contribution >= 4 is 23.0 Å². The van der Waals surface area contributed by atoms with Gasteiger partial charge in [0.15, 0.2) is 11.6 Å². The van der Waals surface area contributed by atoms with E-state index in [0.717, 1.165) is 23.0 Å². The molecule has 0 radical (unpaired) electrons. The van der Waals surface area contributed by atoms with E-state index in [-0.39, 0.29) is 0 Å². The first-order valence-corrected chi connectivity index (χ1v) is 7.72. The number of fused-ring (bicyclic) bond motifs is 1. The van der Waals surface area contributed by atoms with Gasteiger partial charge in [0.05, 0.1) is 0 Å². The molecule has 0 atom stereocenters. The Morgan fingerprint density at radius 1 is 0.739 bits per heavy atom. The molecule has 3 aromatic rings. The molecule has 0 fully saturated rings. The van der Waals surface area contributed by atoms with E-state index in [1.165, 1.54) is 11.1 Å². The third-order valence-electron chi connectivity index (χ3n) is 4.08. The lowest BCUT2D eigenvalue weighted by atomic mass is 10.2. The SMILES string of the molecule is Cc1cccc(N2CN(c3cccc(C)c3)c3nccnc32)c1. The van der Waals surface area contributed by atoms with Gasteiger partial charge in [0.2, 0.25) is 0 Å². The molecule has 0 aliphatic carbocycles. The van der Waals surface area contributed by atoms with Crippen molar-refractivity contribution in [2.45, 2.75) is 13.8 Å². The molecule has 1 aromatic heterocycles. The summed E-state index contributed by atoms with van der Waals surface area (Å²) in [4.78, 5) is 13.5. The van der Waals surface area contributed by atoms with E-state index in [2.05, 4.69) is 82.1 Å². The zero-order chi connectivity index (χ0) is 15.8. The minimum absolute atomic E-state index is 0.715. The second-order valence-electron chi connectivity index (χ2n) is 5.88. The standard InChI is InChI=1S/C19H18N4/c1-14-5-3-7-16(11-14)22-13-23(17-8-4-6-15(2)12-17)19-18(22)20-9-10-21-19/h3-12H,13H2,1-2H3. The molecule has 0 N–H and O–H groups in total. The number of nitrogens with zero attached hydrogens (tertiary/aromatic N) is 4. The van der Waals surface area contributed by atoms with Crippen LogP contribution in [0.15, 0.2) is 60.9 Å². The predicted octanol–water partition coefficient (Wildman–Crippen LogP) is 4.34. The summed E-state index contributed by atoms with van der Waals surface area (Å²) in [6.07, 6.45) is 3.50. The Hall–Kier alpha value is -2.88. The highest BCUT2D eigenvalue weighted by Gasteiger charge is 2.30. The van der Waals surface area contributed by atoms with E-state index in [0.29, 0.717) is 6.67 Å². The predicted molar refractivity (Wildman–Crippen MR) is 93.5 cm³/mol. The van der Waals surface area contributed by atoms with Gasteiger partial charge in [-0.1, -0.05) is 24.3 Å². The average molecular weight is 302 g/mol. The zero-order valence-electron chi connectivity index (χ0n) is 13.3. The van der Waals surface area contributed by atoms with Crippen LogP contribution in [0.25, 0.3) is 0 Å². The van der Waals surface area contributed by atoms with Crippen molar-refractivity contribution < 1.29 is 0 Å². The second-order valence-corrected chi connectivity index (χ2v) is 5.88. The normalized spacial score (nSPS) is 13.3. The summed E-state index contributed by atoms with van der Waals surface area (Å²) in [5.41, 5.74) is 4.76. The maximum absolute atomic E-state index is 4.57. The molecule has 2 aromatic carbocycles. The fourth-order valence-electron chi connectivity index (χ4n) is 2.98. The van der Waals surface area contributed by atoms with Crippen LogP contribution in [0.2, 0.25) is 0 Å². The van der Waals surface area contributed by atoms with Crippen LogP contribution < -0.4 is 9.80 Å². The first-order chi connectivity index (χ1) is 11.2. The number of hydrogen-bond donors (Lipinski definition) is 0. The van der Waals surface area contributed by atoms with Gasteiger partial charge < -0.3 is 9.80 Å². The molecule has 2 heterocycles. The fraction of sp³-hybridized carbons (Fsp3) is 0.158. The zero-order valence-corrected chi connectivity index (χ0v) is 13.3. The van der Waals surface area contributed by atoms with Crippen LogP contribution in [0, 0.1) is 13.8 Å². The first kappa shape index (κ1) is 13.8. The molecular weight excluding hydrogens is 284 g/mol. The second kappa shape index (κ2) is 5.39. The van der Waals surface area contributed by atoms with Gasteiger partial charge in [0.1, 0.15) is 6.67 Å². The summed E-state index contributed by atoms with van der Waals surface area (Å²) in [5.74, 6) is 1.80. The van der Waals surface area contributed by atoms with Crippen molar-refractivity contribution in [3.05, 3.63) is 72.1 Å². The van der Waals surface area contributed by atoms with E-state index >= 15 is 0 Å². The number of hydrogen-bond acceptors (Lipinski definition) is 4. The Balaban J connectivity index is 1.80. The molecule has 1 aliphatic heterocycles. The highest BCUT2D eigenvalue weighted by molar-refractivity contribution is 5.81. The van der Waals surface area contributed by atoms with Crippen LogP contribution in [-0.2, 0) is 0 Å². The molecule has 0 spiro atoms. The third-order valence-corrected chi connectivity index (χ3v) is 4.08.